The van der Waals surface area contributed by atoms with Gasteiger partial charge in [-0.1, -0.05) is 12.1 Å². The molecule has 120 valence electrons. The van der Waals surface area contributed by atoms with Gasteiger partial charge in [0.15, 0.2) is 0 Å². The molecule has 0 radical (unpaired) electrons. The minimum Gasteiger partial charge on any atom is -0.507 e. The van der Waals surface area contributed by atoms with Crippen molar-refractivity contribution in [3.8, 4) is 5.75 Å². The lowest BCUT2D eigenvalue weighted by atomic mass is 10.0. The van der Waals surface area contributed by atoms with Crippen LogP contribution in [-0.4, -0.2) is 41.9 Å². The second-order valence-corrected chi connectivity index (χ2v) is 6.03. The predicted molar refractivity (Wildman–Crippen MR) is 89.9 cm³/mol. The van der Waals surface area contributed by atoms with Crippen molar-refractivity contribution in [2.75, 3.05) is 20.6 Å². The fourth-order valence-corrected chi connectivity index (χ4v) is 2.81. The van der Waals surface area contributed by atoms with Gasteiger partial charge in [0.05, 0.1) is 11.5 Å². The summed E-state index contributed by atoms with van der Waals surface area (Å²) in [5.41, 5.74) is 1.46. The van der Waals surface area contributed by atoms with Crippen LogP contribution in [0.1, 0.15) is 5.56 Å². The minimum atomic E-state index is -0.487. The molecule has 0 fully saturated rings. The first-order chi connectivity index (χ1) is 11.0. The van der Waals surface area contributed by atoms with Crippen molar-refractivity contribution in [3.63, 3.8) is 0 Å². The Kier molecular flexibility index (Phi) is 4.07. The molecule has 2 N–H and O–H groups in total. The maximum absolute atomic E-state index is 12.5. The van der Waals surface area contributed by atoms with E-state index in [1.54, 1.807) is 24.3 Å². The third kappa shape index (κ3) is 3.06. The summed E-state index contributed by atoms with van der Waals surface area (Å²) in [4.78, 5) is 14.4. The van der Waals surface area contributed by atoms with Crippen LogP contribution < -0.4 is 5.43 Å². The standard InChI is InChI=1S/C18H19NO4/c1-19(2)10-12(20)8-11-6-7-13-16(9-11)23-15-5-3-4-14(21)17(15)18(13)22/h3-7,9,12,20-21H,8,10H2,1-2H3. The summed E-state index contributed by atoms with van der Waals surface area (Å²) >= 11 is 0. The van der Waals surface area contributed by atoms with E-state index in [9.17, 15) is 15.0 Å². The van der Waals surface area contributed by atoms with Gasteiger partial charge in [-0.3, -0.25) is 4.79 Å². The fraction of sp³-hybridized carbons (Fsp3) is 0.278. The highest BCUT2D eigenvalue weighted by atomic mass is 16.3. The number of hydrogen-bond acceptors (Lipinski definition) is 5. The van der Waals surface area contributed by atoms with Crippen LogP contribution in [0.2, 0.25) is 0 Å². The van der Waals surface area contributed by atoms with Crippen LogP contribution in [-0.2, 0) is 6.42 Å². The molecule has 0 amide bonds. The quantitative estimate of drug-likeness (QED) is 0.722. The van der Waals surface area contributed by atoms with Crippen LogP contribution in [0.3, 0.4) is 0 Å². The maximum Gasteiger partial charge on any atom is 0.204 e. The molecule has 1 unspecified atom stereocenters. The highest BCUT2D eigenvalue weighted by Gasteiger charge is 2.13. The summed E-state index contributed by atoms with van der Waals surface area (Å²) < 4.78 is 5.76. The molecular weight excluding hydrogens is 294 g/mol. The number of fused-ring (bicyclic) bond motifs is 2. The lowest BCUT2D eigenvalue weighted by Gasteiger charge is -2.16. The first-order valence-corrected chi connectivity index (χ1v) is 7.46. The van der Waals surface area contributed by atoms with Gasteiger partial charge >= 0.3 is 0 Å². The second kappa shape index (κ2) is 6.02. The second-order valence-electron chi connectivity index (χ2n) is 6.03. The smallest absolute Gasteiger partial charge is 0.204 e. The van der Waals surface area contributed by atoms with E-state index in [2.05, 4.69) is 0 Å². The van der Waals surface area contributed by atoms with E-state index in [1.807, 2.05) is 25.1 Å². The SMILES string of the molecule is CN(C)CC(O)Cc1ccc2c(=O)c3c(O)cccc3oc2c1. The number of rotatable bonds is 4. The fourth-order valence-electron chi connectivity index (χ4n) is 2.81. The van der Waals surface area contributed by atoms with E-state index in [-0.39, 0.29) is 16.6 Å². The zero-order chi connectivity index (χ0) is 16.6. The molecule has 1 aromatic heterocycles. The normalized spacial score (nSPS) is 13.0. The highest BCUT2D eigenvalue weighted by Crippen LogP contribution is 2.25. The van der Waals surface area contributed by atoms with Crippen molar-refractivity contribution in [1.29, 1.82) is 0 Å². The average molecular weight is 313 g/mol. The van der Waals surface area contributed by atoms with Crippen molar-refractivity contribution in [2.24, 2.45) is 0 Å². The number of aliphatic hydroxyl groups excluding tert-OH is 1. The number of hydrogen-bond donors (Lipinski definition) is 2. The number of phenols is 1. The first kappa shape index (κ1) is 15.5. The minimum absolute atomic E-state index is 0.0800. The zero-order valence-corrected chi connectivity index (χ0v) is 13.1. The van der Waals surface area contributed by atoms with Gasteiger partial charge in [0.2, 0.25) is 5.43 Å². The summed E-state index contributed by atoms with van der Waals surface area (Å²) in [5.74, 6) is -0.0800. The van der Waals surface area contributed by atoms with E-state index in [1.165, 1.54) is 6.07 Å². The van der Waals surface area contributed by atoms with Gasteiger partial charge in [-0.25, -0.2) is 0 Å². The summed E-state index contributed by atoms with van der Waals surface area (Å²) in [5, 5.41) is 20.5. The van der Waals surface area contributed by atoms with Crippen molar-refractivity contribution < 1.29 is 14.6 Å². The zero-order valence-electron chi connectivity index (χ0n) is 13.1. The molecule has 0 aliphatic heterocycles. The van der Waals surface area contributed by atoms with E-state index >= 15 is 0 Å². The molecule has 0 bridgehead atoms. The number of likely N-dealkylation sites (N-methyl/N-ethyl adjacent to an activating group) is 1. The molecule has 23 heavy (non-hydrogen) atoms. The molecule has 2 aromatic carbocycles. The van der Waals surface area contributed by atoms with Crippen molar-refractivity contribution in [1.82, 2.24) is 4.90 Å². The molecular formula is C18H19NO4. The molecule has 5 nitrogen and oxygen atoms in total. The summed E-state index contributed by atoms with van der Waals surface area (Å²) in [7, 11) is 3.81. The van der Waals surface area contributed by atoms with Gasteiger partial charge in [0, 0.05) is 6.54 Å². The molecule has 3 rings (SSSR count). The van der Waals surface area contributed by atoms with Crippen molar-refractivity contribution in [2.45, 2.75) is 12.5 Å². The molecule has 0 aliphatic carbocycles. The lowest BCUT2D eigenvalue weighted by molar-refractivity contribution is 0.137. The number of aromatic hydroxyl groups is 1. The summed E-state index contributed by atoms with van der Waals surface area (Å²) in [6.07, 6.45) is -0.00529. The molecule has 1 heterocycles. The average Bonchev–Trinajstić information content (AvgIpc) is 2.46. The molecule has 0 aliphatic rings. The van der Waals surface area contributed by atoms with Crippen LogP contribution in [0.25, 0.3) is 21.9 Å². The third-order valence-electron chi connectivity index (χ3n) is 3.79. The van der Waals surface area contributed by atoms with Crippen molar-refractivity contribution >= 4 is 21.9 Å². The number of aliphatic hydroxyl groups is 1. The molecule has 0 saturated carbocycles. The van der Waals surface area contributed by atoms with Crippen molar-refractivity contribution in [3.05, 3.63) is 52.2 Å². The predicted octanol–water partition coefficient (Wildman–Crippen LogP) is 2.12. The topological polar surface area (TPSA) is 73.9 Å². The number of phenolic OH excluding ortho intramolecular Hbond substituents is 1. The summed E-state index contributed by atoms with van der Waals surface area (Å²) in [6.45, 7) is 0.563. The Bertz CT molecular complexity index is 914. The number of nitrogens with zero attached hydrogens (tertiary/aromatic N) is 1. The molecule has 5 heteroatoms. The van der Waals surface area contributed by atoms with Gasteiger partial charge in [0.1, 0.15) is 22.3 Å². The molecule has 0 spiro atoms. The van der Waals surface area contributed by atoms with E-state index < -0.39 is 6.10 Å². The van der Waals surface area contributed by atoms with Gasteiger partial charge in [-0.15, -0.1) is 0 Å². The molecule has 0 saturated heterocycles. The maximum atomic E-state index is 12.5. The monoisotopic (exact) mass is 313 g/mol. The Balaban J connectivity index is 2.07. The Morgan fingerprint density at radius 1 is 1.17 bits per heavy atom. The largest absolute Gasteiger partial charge is 0.507 e. The van der Waals surface area contributed by atoms with Crippen LogP contribution >= 0.6 is 0 Å². The van der Waals surface area contributed by atoms with Gasteiger partial charge in [-0.2, -0.15) is 0 Å². The summed E-state index contributed by atoms with van der Waals surface area (Å²) in [6, 6.07) is 10.0. The van der Waals surface area contributed by atoms with E-state index in [4.69, 9.17) is 4.42 Å². The van der Waals surface area contributed by atoms with Crippen LogP contribution in [0.4, 0.5) is 0 Å². The van der Waals surface area contributed by atoms with Gasteiger partial charge in [0.25, 0.3) is 0 Å². The highest BCUT2D eigenvalue weighted by molar-refractivity contribution is 5.93. The van der Waals surface area contributed by atoms with E-state index in [0.717, 1.165) is 5.56 Å². The van der Waals surface area contributed by atoms with Crippen LogP contribution in [0, 0.1) is 0 Å². The number of benzene rings is 2. The first-order valence-electron chi connectivity index (χ1n) is 7.46. The van der Waals surface area contributed by atoms with Gasteiger partial charge < -0.3 is 19.5 Å². The lowest BCUT2D eigenvalue weighted by Crippen LogP contribution is -2.27. The van der Waals surface area contributed by atoms with Crippen LogP contribution in [0.15, 0.2) is 45.6 Å². The Morgan fingerprint density at radius 2 is 1.96 bits per heavy atom. The third-order valence-corrected chi connectivity index (χ3v) is 3.79. The Labute approximate surface area is 133 Å². The van der Waals surface area contributed by atoms with E-state index in [0.29, 0.717) is 29.5 Å². The Morgan fingerprint density at radius 3 is 2.70 bits per heavy atom. The van der Waals surface area contributed by atoms with Gasteiger partial charge in [-0.05, 0) is 50.3 Å². The Hall–Kier alpha value is -2.37. The molecule has 3 aromatic rings. The van der Waals surface area contributed by atoms with Crippen LogP contribution in [0.5, 0.6) is 5.75 Å². The molecule has 1 atom stereocenters.